The Hall–Kier alpha value is -4.10. The Balaban J connectivity index is 1.21. The van der Waals surface area contributed by atoms with Crippen LogP contribution in [-0.2, 0) is 0 Å². The van der Waals surface area contributed by atoms with E-state index >= 15 is 0 Å². The largest absolute Gasteiger partial charge is 0.492 e. The molecule has 2 heterocycles. The number of ether oxygens (including phenoxy) is 1. The van der Waals surface area contributed by atoms with Crippen molar-refractivity contribution in [3.05, 3.63) is 83.5 Å². The van der Waals surface area contributed by atoms with E-state index in [2.05, 4.69) is 20.3 Å². The van der Waals surface area contributed by atoms with Crippen molar-refractivity contribution in [2.24, 2.45) is 5.73 Å². The molecule has 0 unspecified atom stereocenters. The number of anilines is 1. The van der Waals surface area contributed by atoms with Gasteiger partial charge in [-0.15, -0.1) is 0 Å². The molecule has 0 bridgehead atoms. The molecule has 5 N–H and O–H groups in total. The van der Waals surface area contributed by atoms with Gasteiger partial charge in [0, 0.05) is 40.0 Å². The van der Waals surface area contributed by atoms with Crippen LogP contribution in [0.3, 0.4) is 0 Å². The van der Waals surface area contributed by atoms with Crippen molar-refractivity contribution in [3.63, 3.8) is 0 Å². The van der Waals surface area contributed by atoms with Gasteiger partial charge in [-0.05, 0) is 66.7 Å². The first-order valence-corrected chi connectivity index (χ1v) is 10.8. The lowest BCUT2D eigenvalue weighted by Crippen LogP contribution is -2.11. The van der Waals surface area contributed by atoms with Crippen LogP contribution in [0.2, 0.25) is 5.02 Å². The maximum absolute atomic E-state index is 7.58. The van der Waals surface area contributed by atoms with E-state index in [9.17, 15) is 0 Å². The minimum atomic E-state index is 0.0329. The van der Waals surface area contributed by atoms with Gasteiger partial charge in [0.15, 0.2) is 0 Å². The minimum absolute atomic E-state index is 0.0329. The number of fused-ring (bicyclic) bond motifs is 2. The van der Waals surface area contributed by atoms with Gasteiger partial charge in [0.1, 0.15) is 24.0 Å². The van der Waals surface area contributed by atoms with Crippen molar-refractivity contribution in [2.75, 3.05) is 18.5 Å². The Morgan fingerprint density at radius 3 is 2.70 bits per heavy atom. The summed E-state index contributed by atoms with van der Waals surface area (Å²) in [6.45, 7) is 1.15. The number of aromatic nitrogens is 3. The lowest BCUT2D eigenvalue weighted by atomic mass is 10.2. The Bertz CT molecular complexity index is 1460. The zero-order valence-electron chi connectivity index (χ0n) is 17.6. The molecular formula is C25H21ClN6O. The monoisotopic (exact) mass is 456 g/mol. The summed E-state index contributed by atoms with van der Waals surface area (Å²) >= 11 is 6.06. The van der Waals surface area contributed by atoms with E-state index in [0.29, 0.717) is 23.7 Å². The number of amidine groups is 1. The molecule has 0 spiro atoms. The second-order valence-corrected chi connectivity index (χ2v) is 7.99. The number of nitrogen functional groups attached to an aromatic ring is 1. The number of rotatable bonds is 7. The van der Waals surface area contributed by atoms with Crippen LogP contribution in [0.15, 0.2) is 72.9 Å². The Morgan fingerprint density at radius 2 is 1.88 bits per heavy atom. The summed E-state index contributed by atoms with van der Waals surface area (Å²) in [4.78, 5) is 12.3. The van der Waals surface area contributed by atoms with Crippen LogP contribution in [0.4, 0.5) is 5.69 Å². The summed E-state index contributed by atoms with van der Waals surface area (Å²) in [6, 6.07) is 20.9. The molecule has 33 heavy (non-hydrogen) atoms. The van der Waals surface area contributed by atoms with Gasteiger partial charge in [-0.2, -0.15) is 0 Å². The maximum atomic E-state index is 7.58. The summed E-state index contributed by atoms with van der Waals surface area (Å²) in [5.41, 5.74) is 10.7. The van der Waals surface area contributed by atoms with E-state index in [-0.39, 0.29) is 5.84 Å². The van der Waals surface area contributed by atoms with Crippen LogP contribution in [0.5, 0.6) is 5.75 Å². The fourth-order valence-corrected chi connectivity index (χ4v) is 3.82. The third-order valence-electron chi connectivity index (χ3n) is 5.31. The summed E-state index contributed by atoms with van der Waals surface area (Å²) in [5.74, 6) is 1.57. The lowest BCUT2D eigenvalue weighted by Gasteiger charge is -2.11. The zero-order valence-corrected chi connectivity index (χ0v) is 18.4. The van der Waals surface area contributed by atoms with E-state index < -0.39 is 0 Å². The van der Waals surface area contributed by atoms with Crippen molar-refractivity contribution in [3.8, 4) is 17.1 Å². The van der Waals surface area contributed by atoms with Crippen LogP contribution in [0.1, 0.15) is 5.56 Å². The van der Waals surface area contributed by atoms with E-state index in [1.165, 1.54) is 0 Å². The number of benzene rings is 3. The van der Waals surface area contributed by atoms with Crippen molar-refractivity contribution in [2.45, 2.75) is 0 Å². The molecule has 5 aromatic rings. The summed E-state index contributed by atoms with van der Waals surface area (Å²) < 4.78 is 5.88. The molecule has 3 aromatic carbocycles. The van der Waals surface area contributed by atoms with Gasteiger partial charge in [0.2, 0.25) is 0 Å². The number of halogens is 1. The van der Waals surface area contributed by atoms with Crippen molar-refractivity contribution in [1.82, 2.24) is 15.0 Å². The minimum Gasteiger partial charge on any atom is -0.492 e. The zero-order chi connectivity index (χ0) is 22.8. The van der Waals surface area contributed by atoms with E-state index in [0.717, 1.165) is 44.8 Å². The number of hydrogen-bond acceptors (Lipinski definition) is 5. The number of aromatic amines is 1. The number of nitrogens with one attached hydrogen (secondary N) is 3. The number of nitrogens with two attached hydrogens (primary N) is 1. The van der Waals surface area contributed by atoms with Gasteiger partial charge in [0.05, 0.1) is 16.6 Å². The number of pyridine rings is 1. The first kappa shape index (κ1) is 20.8. The molecule has 0 saturated carbocycles. The maximum Gasteiger partial charge on any atom is 0.138 e. The first-order chi connectivity index (χ1) is 16.1. The van der Waals surface area contributed by atoms with Crippen LogP contribution >= 0.6 is 11.6 Å². The summed E-state index contributed by atoms with van der Waals surface area (Å²) in [5, 5.41) is 12.7. The van der Waals surface area contributed by atoms with Gasteiger partial charge in [0.25, 0.3) is 0 Å². The van der Waals surface area contributed by atoms with Crippen LogP contribution < -0.4 is 15.8 Å². The first-order valence-electron chi connectivity index (χ1n) is 10.4. The average molecular weight is 457 g/mol. The topological polar surface area (TPSA) is 113 Å². The Labute approximate surface area is 195 Å². The Morgan fingerprint density at radius 1 is 1.03 bits per heavy atom. The molecule has 0 aliphatic rings. The van der Waals surface area contributed by atoms with Crippen molar-refractivity contribution < 1.29 is 4.74 Å². The highest BCUT2D eigenvalue weighted by Crippen LogP contribution is 2.25. The van der Waals surface area contributed by atoms with Gasteiger partial charge >= 0.3 is 0 Å². The standard InChI is InChI=1S/C25H21ClN6O/c26-17-4-7-19-20(9-10-29-22(19)14-17)30-11-12-33-18-5-1-15(2-6-18)25-31-21-8-3-16(24(27)28)13-23(21)32-25/h1-10,13-14H,11-12H2,(H3,27,28)(H,29,30)(H,31,32). The highest BCUT2D eigenvalue weighted by molar-refractivity contribution is 6.31. The third kappa shape index (κ3) is 4.44. The lowest BCUT2D eigenvalue weighted by molar-refractivity contribution is 0.333. The third-order valence-corrected chi connectivity index (χ3v) is 5.55. The highest BCUT2D eigenvalue weighted by Gasteiger charge is 2.08. The smallest absolute Gasteiger partial charge is 0.138 e. The van der Waals surface area contributed by atoms with Crippen molar-refractivity contribution in [1.29, 1.82) is 5.41 Å². The fourth-order valence-electron chi connectivity index (χ4n) is 3.65. The molecule has 0 aliphatic carbocycles. The molecule has 0 radical (unpaired) electrons. The van der Waals surface area contributed by atoms with Crippen LogP contribution in [-0.4, -0.2) is 33.9 Å². The molecule has 5 rings (SSSR count). The second-order valence-electron chi connectivity index (χ2n) is 7.55. The second kappa shape index (κ2) is 8.80. The molecule has 8 heteroatoms. The van der Waals surface area contributed by atoms with Gasteiger partial charge in [-0.3, -0.25) is 10.4 Å². The van der Waals surface area contributed by atoms with Gasteiger partial charge in [-0.1, -0.05) is 11.6 Å². The van der Waals surface area contributed by atoms with Crippen molar-refractivity contribution >= 4 is 45.1 Å². The Kier molecular flexibility index (Phi) is 5.54. The van der Waals surface area contributed by atoms with E-state index in [1.54, 1.807) is 12.3 Å². The molecule has 0 fully saturated rings. The molecule has 0 aliphatic heterocycles. The number of nitrogens with zero attached hydrogens (tertiary/aromatic N) is 2. The highest BCUT2D eigenvalue weighted by atomic mass is 35.5. The van der Waals surface area contributed by atoms with Gasteiger partial charge < -0.3 is 20.8 Å². The number of hydrogen-bond donors (Lipinski definition) is 4. The molecule has 7 nitrogen and oxygen atoms in total. The fraction of sp³-hybridized carbons (Fsp3) is 0.0800. The average Bonchev–Trinajstić information content (AvgIpc) is 3.25. The van der Waals surface area contributed by atoms with E-state index in [1.807, 2.05) is 60.7 Å². The SMILES string of the molecule is N=C(N)c1ccc2nc(-c3ccc(OCCNc4ccnc5cc(Cl)ccc45)cc3)[nH]c2c1. The molecule has 2 aromatic heterocycles. The molecular weight excluding hydrogens is 436 g/mol. The summed E-state index contributed by atoms with van der Waals surface area (Å²) in [6.07, 6.45) is 1.76. The summed E-state index contributed by atoms with van der Waals surface area (Å²) in [7, 11) is 0. The number of imidazole rings is 1. The van der Waals surface area contributed by atoms with Gasteiger partial charge in [-0.25, -0.2) is 4.98 Å². The van der Waals surface area contributed by atoms with Crippen LogP contribution in [0.25, 0.3) is 33.3 Å². The number of H-pyrrole nitrogens is 1. The predicted molar refractivity (Wildman–Crippen MR) is 133 cm³/mol. The quantitative estimate of drug-likeness (QED) is 0.152. The normalized spacial score (nSPS) is 11.1. The molecule has 164 valence electrons. The molecule has 0 amide bonds. The predicted octanol–water partition coefficient (Wildman–Crippen LogP) is 5.21. The molecule has 0 atom stereocenters. The molecule has 0 saturated heterocycles. The van der Waals surface area contributed by atoms with Crippen LogP contribution in [0, 0.1) is 5.41 Å². The van der Waals surface area contributed by atoms with E-state index in [4.69, 9.17) is 27.5 Å².